The molecule has 0 radical (unpaired) electrons. The van der Waals surface area contributed by atoms with Crippen LogP contribution in [0.25, 0.3) is 0 Å². The zero-order valence-corrected chi connectivity index (χ0v) is 19.4. The second-order valence-corrected chi connectivity index (χ2v) is 8.09. The molecule has 1 aliphatic heterocycles. The number of oxime groups is 1. The van der Waals surface area contributed by atoms with E-state index in [2.05, 4.69) is 5.16 Å². The standard InChI is InChI=1S/C24H30ClNO7/c1-3-31-18-7-4-15(5-8-18)12-17-13-16(6-9-19(17)25)24-23(29)22(28)21(27)20(33-24)14-26-32-11-10-30-2/h4-9,13-14,20-24,27-29H,3,10-12H2,1-2H3/b26-14+/t20-,21-,22+,23-,24+/m1/s1. The quantitative estimate of drug-likeness (QED) is 0.273. The van der Waals surface area contributed by atoms with Gasteiger partial charge in [-0.25, -0.2) is 0 Å². The maximum atomic E-state index is 10.6. The van der Waals surface area contributed by atoms with Crippen molar-refractivity contribution in [3.63, 3.8) is 0 Å². The van der Waals surface area contributed by atoms with Crippen LogP contribution in [0.2, 0.25) is 5.02 Å². The summed E-state index contributed by atoms with van der Waals surface area (Å²) in [4.78, 5) is 5.04. The summed E-state index contributed by atoms with van der Waals surface area (Å²) >= 11 is 6.43. The second-order valence-electron chi connectivity index (χ2n) is 7.68. The third-order valence-corrected chi connectivity index (χ3v) is 5.71. The van der Waals surface area contributed by atoms with Crippen molar-refractivity contribution in [3.05, 3.63) is 64.2 Å². The van der Waals surface area contributed by atoms with Gasteiger partial charge in [0.15, 0.2) is 0 Å². The Morgan fingerprint density at radius 3 is 2.48 bits per heavy atom. The van der Waals surface area contributed by atoms with Gasteiger partial charge in [-0.15, -0.1) is 0 Å². The molecule has 0 aromatic heterocycles. The van der Waals surface area contributed by atoms with Gasteiger partial charge in [-0.2, -0.15) is 0 Å². The highest BCUT2D eigenvalue weighted by Gasteiger charge is 2.43. The van der Waals surface area contributed by atoms with Crippen LogP contribution in [-0.4, -0.2) is 72.9 Å². The van der Waals surface area contributed by atoms with Gasteiger partial charge in [0.2, 0.25) is 0 Å². The number of methoxy groups -OCH3 is 1. The molecule has 0 saturated carbocycles. The molecule has 9 heteroatoms. The highest BCUT2D eigenvalue weighted by molar-refractivity contribution is 6.31. The number of rotatable bonds is 10. The van der Waals surface area contributed by atoms with Gasteiger partial charge >= 0.3 is 0 Å². The summed E-state index contributed by atoms with van der Waals surface area (Å²) < 4.78 is 16.2. The van der Waals surface area contributed by atoms with Crippen LogP contribution in [0, 0.1) is 0 Å². The summed E-state index contributed by atoms with van der Waals surface area (Å²) in [6.45, 7) is 3.12. The molecule has 0 unspecified atom stereocenters. The fraction of sp³-hybridized carbons (Fsp3) is 0.458. The first kappa shape index (κ1) is 25.4. The van der Waals surface area contributed by atoms with Crippen LogP contribution in [0.3, 0.4) is 0 Å². The molecule has 5 atom stereocenters. The average molecular weight is 480 g/mol. The fourth-order valence-corrected chi connectivity index (χ4v) is 3.76. The predicted molar refractivity (Wildman–Crippen MR) is 124 cm³/mol. The summed E-state index contributed by atoms with van der Waals surface area (Å²) in [5.41, 5.74) is 2.50. The van der Waals surface area contributed by atoms with Crippen LogP contribution in [0.4, 0.5) is 0 Å². The number of ether oxygens (including phenoxy) is 3. The molecule has 0 bridgehead atoms. The maximum absolute atomic E-state index is 10.6. The molecule has 3 rings (SSSR count). The highest BCUT2D eigenvalue weighted by Crippen LogP contribution is 2.34. The lowest BCUT2D eigenvalue weighted by Gasteiger charge is -2.39. The van der Waals surface area contributed by atoms with Crippen LogP contribution >= 0.6 is 11.6 Å². The monoisotopic (exact) mass is 479 g/mol. The molecule has 8 nitrogen and oxygen atoms in total. The third kappa shape index (κ3) is 6.66. The fourth-order valence-electron chi connectivity index (χ4n) is 3.58. The average Bonchev–Trinajstić information content (AvgIpc) is 2.82. The maximum Gasteiger partial charge on any atom is 0.140 e. The van der Waals surface area contributed by atoms with E-state index in [0.717, 1.165) is 16.9 Å². The number of aliphatic hydroxyl groups is 3. The molecule has 1 fully saturated rings. The number of nitrogens with zero attached hydrogens (tertiary/aromatic N) is 1. The SMILES string of the molecule is CCOc1ccc(Cc2cc([C@@H]3O[C@H](/C=N/OCCOC)[C@@H](O)[C@H](O)[C@H]3O)ccc2Cl)cc1. The zero-order valence-electron chi connectivity index (χ0n) is 18.6. The lowest BCUT2D eigenvalue weighted by atomic mass is 9.90. The first-order valence-electron chi connectivity index (χ1n) is 10.8. The third-order valence-electron chi connectivity index (χ3n) is 5.34. The molecule has 2 aromatic rings. The van der Waals surface area contributed by atoms with Crippen molar-refractivity contribution in [2.75, 3.05) is 26.9 Å². The Kier molecular flexibility index (Phi) is 9.49. The van der Waals surface area contributed by atoms with E-state index in [9.17, 15) is 15.3 Å². The topological polar surface area (TPSA) is 110 Å². The molecule has 0 spiro atoms. The predicted octanol–water partition coefficient (Wildman–Crippen LogP) is 2.50. The van der Waals surface area contributed by atoms with Crippen molar-refractivity contribution >= 4 is 17.8 Å². The lowest BCUT2D eigenvalue weighted by molar-refractivity contribution is -0.205. The Morgan fingerprint density at radius 1 is 1.03 bits per heavy atom. The van der Waals surface area contributed by atoms with Gasteiger partial charge in [0, 0.05) is 12.1 Å². The lowest BCUT2D eigenvalue weighted by Crippen LogP contribution is -2.54. The van der Waals surface area contributed by atoms with E-state index in [-0.39, 0.29) is 6.61 Å². The highest BCUT2D eigenvalue weighted by atomic mass is 35.5. The van der Waals surface area contributed by atoms with Gasteiger partial charge in [0.1, 0.15) is 42.9 Å². The summed E-state index contributed by atoms with van der Waals surface area (Å²) in [6.07, 6.45) is -4.16. The number of hydrogen-bond donors (Lipinski definition) is 3. The van der Waals surface area contributed by atoms with Gasteiger partial charge in [0.25, 0.3) is 0 Å². The molecule has 0 aliphatic carbocycles. The molecular weight excluding hydrogens is 450 g/mol. The first-order chi connectivity index (χ1) is 15.9. The minimum atomic E-state index is -1.43. The molecule has 2 aromatic carbocycles. The van der Waals surface area contributed by atoms with E-state index in [1.54, 1.807) is 19.2 Å². The van der Waals surface area contributed by atoms with Crippen molar-refractivity contribution in [1.29, 1.82) is 0 Å². The largest absolute Gasteiger partial charge is 0.494 e. The van der Waals surface area contributed by atoms with Crippen LogP contribution in [0.15, 0.2) is 47.6 Å². The molecule has 0 amide bonds. The zero-order chi connectivity index (χ0) is 23.8. The summed E-state index contributed by atoms with van der Waals surface area (Å²) in [6, 6.07) is 13.0. The second kappa shape index (κ2) is 12.3. The number of benzene rings is 2. The number of halogens is 1. The van der Waals surface area contributed by atoms with Gasteiger partial charge in [-0.1, -0.05) is 41.0 Å². The summed E-state index contributed by atoms with van der Waals surface area (Å²) in [7, 11) is 1.54. The number of hydrogen-bond acceptors (Lipinski definition) is 8. The van der Waals surface area contributed by atoms with Crippen molar-refractivity contribution < 1.29 is 34.4 Å². The van der Waals surface area contributed by atoms with E-state index < -0.39 is 30.5 Å². The molecule has 1 heterocycles. The Balaban J connectivity index is 1.76. The minimum absolute atomic E-state index is 0.233. The van der Waals surface area contributed by atoms with Gasteiger partial charge in [-0.3, -0.25) is 0 Å². The van der Waals surface area contributed by atoms with E-state index in [1.165, 1.54) is 6.21 Å². The van der Waals surface area contributed by atoms with Crippen LogP contribution in [-0.2, 0) is 20.7 Å². The van der Waals surface area contributed by atoms with Crippen molar-refractivity contribution in [2.45, 2.75) is 43.9 Å². The Labute approximate surface area is 198 Å². The molecule has 33 heavy (non-hydrogen) atoms. The summed E-state index contributed by atoms with van der Waals surface area (Å²) in [5, 5.41) is 35.6. The van der Waals surface area contributed by atoms with Crippen LogP contribution in [0.1, 0.15) is 29.7 Å². The van der Waals surface area contributed by atoms with Crippen molar-refractivity contribution in [1.82, 2.24) is 0 Å². The van der Waals surface area contributed by atoms with Crippen molar-refractivity contribution in [3.8, 4) is 5.75 Å². The van der Waals surface area contributed by atoms with Gasteiger partial charge in [0.05, 0.1) is 19.4 Å². The van der Waals surface area contributed by atoms with Crippen LogP contribution < -0.4 is 4.74 Å². The molecule has 1 aliphatic rings. The first-order valence-corrected chi connectivity index (χ1v) is 11.2. The molecule has 1 saturated heterocycles. The Morgan fingerprint density at radius 2 is 1.79 bits per heavy atom. The smallest absolute Gasteiger partial charge is 0.140 e. The van der Waals surface area contributed by atoms with E-state index in [0.29, 0.717) is 30.2 Å². The van der Waals surface area contributed by atoms with Gasteiger partial charge < -0.3 is 34.4 Å². The van der Waals surface area contributed by atoms with E-state index in [1.807, 2.05) is 37.3 Å². The van der Waals surface area contributed by atoms with Gasteiger partial charge in [-0.05, 0) is 48.2 Å². The summed E-state index contributed by atoms with van der Waals surface area (Å²) in [5.74, 6) is 0.797. The van der Waals surface area contributed by atoms with Crippen LogP contribution in [0.5, 0.6) is 5.75 Å². The Bertz CT molecular complexity index is 908. The molecular formula is C24H30ClNO7. The van der Waals surface area contributed by atoms with E-state index >= 15 is 0 Å². The normalized spacial score (nSPS) is 25.3. The Hall–Kier alpha value is -2.20. The molecule has 3 N–H and O–H groups in total. The minimum Gasteiger partial charge on any atom is -0.494 e. The van der Waals surface area contributed by atoms with E-state index in [4.69, 9.17) is 30.6 Å². The molecule has 180 valence electrons. The number of aliphatic hydroxyl groups excluding tert-OH is 3. The van der Waals surface area contributed by atoms with Crippen molar-refractivity contribution in [2.24, 2.45) is 5.16 Å².